The van der Waals surface area contributed by atoms with Crippen LogP contribution in [0.5, 0.6) is 5.75 Å². The molecule has 1 saturated heterocycles. The summed E-state index contributed by atoms with van der Waals surface area (Å²) in [4.78, 5) is 8.14. The minimum absolute atomic E-state index is 0.0387. The predicted octanol–water partition coefficient (Wildman–Crippen LogP) is 5.46. The van der Waals surface area contributed by atoms with Crippen LogP contribution in [0.2, 0.25) is 0 Å². The van der Waals surface area contributed by atoms with Crippen molar-refractivity contribution < 1.29 is 13.5 Å². The third kappa shape index (κ3) is 6.65. The fraction of sp³-hybridized carbons (Fsp3) is 0.414. The van der Waals surface area contributed by atoms with E-state index in [9.17, 15) is 0 Å². The van der Waals surface area contributed by atoms with Crippen LogP contribution in [-0.4, -0.2) is 64.5 Å². The summed E-state index contributed by atoms with van der Waals surface area (Å²) < 4.78 is 37.9. The van der Waals surface area contributed by atoms with E-state index in [0.29, 0.717) is 22.8 Å². The molecule has 0 N–H and O–H groups in total. The molecule has 1 atom stereocenters. The minimum atomic E-state index is -0.696. The molecule has 6 rings (SSSR count). The van der Waals surface area contributed by atoms with Crippen LogP contribution < -0.4 is 4.74 Å². The highest BCUT2D eigenvalue weighted by Crippen LogP contribution is 2.32. The van der Waals surface area contributed by atoms with E-state index >= 15 is 8.78 Å². The van der Waals surface area contributed by atoms with Crippen LogP contribution in [0.3, 0.4) is 0 Å². The van der Waals surface area contributed by atoms with E-state index in [-0.39, 0.29) is 23.6 Å². The van der Waals surface area contributed by atoms with E-state index in [1.165, 1.54) is 30.3 Å². The Balaban J connectivity index is 1.16. The zero-order valence-electron chi connectivity index (χ0n) is 22.7. The van der Waals surface area contributed by atoms with Gasteiger partial charge in [-0.15, -0.1) is 10.2 Å². The van der Waals surface area contributed by atoms with Gasteiger partial charge < -0.3 is 9.64 Å². The van der Waals surface area contributed by atoms with Crippen molar-refractivity contribution in [3.05, 3.63) is 72.5 Å². The molecule has 12 heteroatoms. The van der Waals surface area contributed by atoms with Gasteiger partial charge in [-0.3, -0.25) is 9.55 Å². The number of halogens is 2. The number of piperidine rings is 1. The van der Waals surface area contributed by atoms with Crippen molar-refractivity contribution in [3.8, 4) is 22.7 Å². The van der Waals surface area contributed by atoms with Gasteiger partial charge in [0.2, 0.25) is 0 Å². The van der Waals surface area contributed by atoms with Gasteiger partial charge in [-0.25, -0.2) is 8.78 Å². The molecule has 1 fully saturated rings. The highest BCUT2D eigenvalue weighted by atomic mass is 32.2. The van der Waals surface area contributed by atoms with Crippen molar-refractivity contribution in [1.82, 2.24) is 39.6 Å². The number of thioether (sulfide) groups is 1. The van der Waals surface area contributed by atoms with E-state index in [1.54, 1.807) is 24.2 Å². The normalized spacial score (nSPS) is 17.7. The topological polar surface area (TPSA) is 86.8 Å². The number of hydrogen-bond donors (Lipinski definition) is 0. The number of pyridine rings is 1. The lowest BCUT2D eigenvalue weighted by atomic mass is 10.1. The molecule has 9 nitrogen and oxygen atoms in total. The summed E-state index contributed by atoms with van der Waals surface area (Å²) in [5.74, 6) is -1.09. The van der Waals surface area contributed by atoms with Crippen LogP contribution in [0.15, 0.2) is 60.2 Å². The Morgan fingerprint density at radius 2 is 1.90 bits per heavy atom. The summed E-state index contributed by atoms with van der Waals surface area (Å²) in [6, 6.07) is 5.87. The van der Waals surface area contributed by atoms with Crippen LogP contribution in [0.1, 0.15) is 44.3 Å². The Labute approximate surface area is 241 Å². The second-order valence-electron chi connectivity index (χ2n) is 10.2. The first-order chi connectivity index (χ1) is 20.1. The molecule has 1 unspecified atom stereocenters. The van der Waals surface area contributed by atoms with Gasteiger partial charge in [0.25, 0.3) is 0 Å². The number of hydrogen-bond acceptors (Lipinski definition) is 8. The fourth-order valence-electron chi connectivity index (χ4n) is 5.15. The van der Waals surface area contributed by atoms with E-state index in [2.05, 4.69) is 42.4 Å². The molecule has 1 aliphatic carbocycles. The maximum atomic E-state index is 15.2. The summed E-state index contributed by atoms with van der Waals surface area (Å²) in [5, 5.41) is 18.3. The molecule has 4 aromatic rings. The molecular formula is C29H32F2N8OS. The van der Waals surface area contributed by atoms with E-state index < -0.39 is 11.6 Å². The average molecular weight is 579 g/mol. The molecule has 4 heterocycles. The Morgan fingerprint density at radius 1 is 1.00 bits per heavy atom. The van der Waals surface area contributed by atoms with Crippen LogP contribution in [0, 0.1) is 11.6 Å². The first-order valence-corrected chi connectivity index (χ1v) is 14.9. The number of likely N-dealkylation sites (tertiary alicyclic amines) is 1. The fourth-order valence-corrected chi connectivity index (χ4v) is 6.30. The van der Waals surface area contributed by atoms with Gasteiger partial charge >= 0.3 is 0 Å². The Kier molecular flexibility index (Phi) is 8.66. The molecule has 0 amide bonds. The predicted molar refractivity (Wildman–Crippen MR) is 152 cm³/mol. The van der Waals surface area contributed by atoms with Gasteiger partial charge in [0, 0.05) is 29.6 Å². The highest BCUT2D eigenvalue weighted by Gasteiger charge is 2.21. The zero-order chi connectivity index (χ0) is 28.0. The highest BCUT2D eigenvalue weighted by molar-refractivity contribution is 7.99. The average Bonchev–Trinajstić information content (AvgIpc) is 3.65. The molecule has 1 aliphatic heterocycles. The zero-order valence-corrected chi connectivity index (χ0v) is 23.5. The second-order valence-corrected chi connectivity index (χ2v) is 11.4. The van der Waals surface area contributed by atoms with Gasteiger partial charge in [-0.05, 0) is 63.4 Å². The van der Waals surface area contributed by atoms with Gasteiger partial charge in [0.15, 0.2) is 22.5 Å². The smallest absolute Gasteiger partial charge is 0.196 e. The number of rotatable bonds is 10. The van der Waals surface area contributed by atoms with Crippen molar-refractivity contribution in [3.63, 3.8) is 0 Å². The number of benzene rings is 1. The molecule has 1 aromatic carbocycles. The van der Waals surface area contributed by atoms with Gasteiger partial charge in [-0.1, -0.05) is 30.3 Å². The van der Waals surface area contributed by atoms with Crippen molar-refractivity contribution in [2.24, 2.45) is 0 Å². The Morgan fingerprint density at radius 3 is 2.71 bits per heavy atom. The summed E-state index contributed by atoms with van der Waals surface area (Å²) in [6.07, 6.45) is 16.2. The minimum Gasteiger partial charge on any atom is -0.482 e. The quantitative estimate of drug-likeness (QED) is 0.229. The molecular weight excluding hydrogens is 546 g/mol. The largest absolute Gasteiger partial charge is 0.482 e. The van der Waals surface area contributed by atoms with Crippen molar-refractivity contribution >= 4 is 11.8 Å². The summed E-state index contributed by atoms with van der Waals surface area (Å²) >= 11 is 1.61. The molecule has 2 aliphatic rings. The first kappa shape index (κ1) is 27.5. The standard InChI is InChI=1S/C29H32F2N8OS/c30-24-17-27(25(31)16-23(24)26-19-33-38(36-26)15-14-37-12-5-2-6-13-37)40-20-28-34-35-29(41-22-9-3-1-4-10-22)39(28)21-8-7-11-32-18-21/h3,7-9,11,16-19,22H,1-2,4-6,10,12-15,20H2. The maximum absolute atomic E-state index is 15.2. The lowest BCUT2D eigenvalue weighted by molar-refractivity contribution is 0.214. The monoisotopic (exact) mass is 578 g/mol. The molecule has 0 saturated carbocycles. The van der Waals surface area contributed by atoms with Crippen molar-refractivity contribution in [1.29, 1.82) is 0 Å². The van der Waals surface area contributed by atoms with Crippen LogP contribution in [0.25, 0.3) is 16.9 Å². The second kappa shape index (κ2) is 12.9. The number of ether oxygens (including phenoxy) is 1. The molecule has 0 radical (unpaired) electrons. The van der Waals surface area contributed by atoms with Gasteiger partial charge in [-0.2, -0.15) is 15.0 Å². The molecule has 41 heavy (non-hydrogen) atoms. The SMILES string of the molecule is Fc1cc(-c2cnn(CCN3CCCCC3)n2)c(F)cc1OCc1nnc(SC2C=CCCC2)n1-c1cccnc1. The number of allylic oxidation sites excluding steroid dienone is 1. The van der Waals surface area contributed by atoms with Crippen LogP contribution >= 0.6 is 11.8 Å². The van der Waals surface area contributed by atoms with Crippen LogP contribution in [0.4, 0.5) is 8.78 Å². The Hall–Kier alpha value is -3.64. The third-order valence-electron chi connectivity index (χ3n) is 7.33. The first-order valence-electron chi connectivity index (χ1n) is 14.1. The van der Waals surface area contributed by atoms with E-state index in [0.717, 1.165) is 56.7 Å². The third-order valence-corrected chi connectivity index (χ3v) is 8.50. The molecule has 3 aromatic heterocycles. The molecule has 0 bridgehead atoms. The summed E-state index contributed by atoms with van der Waals surface area (Å²) in [7, 11) is 0. The van der Waals surface area contributed by atoms with E-state index in [1.807, 2.05) is 16.7 Å². The van der Waals surface area contributed by atoms with Gasteiger partial charge in [0.05, 0.1) is 24.6 Å². The lowest BCUT2D eigenvalue weighted by Gasteiger charge is -2.25. The summed E-state index contributed by atoms with van der Waals surface area (Å²) in [5.41, 5.74) is 1.09. The molecule has 214 valence electrons. The number of nitrogens with zero attached hydrogens (tertiary/aromatic N) is 8. The molecule has 0 spiro atoms. The Bertz CT molecular complexity index is 1490. The summed E-state index contributed by atoms with van der Waals surface area (Å²) in [6.45, 7) is 3.47. The van der Waals surface area contributed by atoms with Gasteiger partial charge in [0.1, 0.15) is 18.1 Å². The van der Waals surface area contributed by atoms with E-state index in [4.69, 9.17) is 4.74 Å². The van der Waals surface area contributed by atoms with Crippen molar-refractivity contribution in [2.45, 2.75) is 62.1 Å². The van der Waals surface area contributed by atoms with Crippen molar-refractivity contribution in [2.75, 3.05) is 19.6 Å². The lowest BCUT2D eigenvalue weighted by Crippen LogP contribution is -2.32. The number of aromatic nitrogens is 7. The van der Waals surface area contributed by atoms with Crippen LogP contribution in [-0.2, 0) is 13.2 Å². The maximum Gasteiger partial charge on any atom is 0.196 e.